The van der Waals surface area contributed by atoms with Crippen molar-refractivity contribution in [3.05, 3.63) is 18.2 Å². The number of rotatable bonds is 3. The number of nitrogens with one attached hydrogen (secondary N) is 2. The van der Waals surface area contributed by atoms with Gasteiger partial charge in [0.2, 0.25) is 0 Å². The van der Waals surface area contributed by atoms with Crippen LogP contribution >= 0.6 is 0 Å². The monoisotopic (exact) mass is 249 g/mol. The standard InChI is InChI=1S/C15H27N3/c1-15(2,3)12-5-4-6-13(8-7-12)17-10-14-9-16-11-18-14/h9,11-13,17H,4-8,10H2,1-3H3,(H,16,18). The minimum atomic E-state index is 0.471. The van der Waals surface area contributed by atoms with Gasteiger partial charge in [0.25, 0.3) is 0 Å². The number of aromatic nitrogens is 2. The van der Waals surface area contributed by atoms with Crippen molar-refractivity contribution < 1.29 is 0 Å². The highest BCUT2D eigenvalue weighted by Crippen LogP contribution is 2.36. The molecule has 0 saturated heterocycles. The van der Waals surface area contributed by atoms with Gasteiger partial charge in [-0.2, -0.15) is 0 Å². The largest absolute Gasteiger partial charge is 0.347 e. The second-order valence-corrected chi connectivity index (χ2v) is 6.73. The first-order valence-corrected chi connectivity index (χ1v) is 7.26. The molecule has 102 valence electrons. The van der Waals surface area contributed by atoms with Gasteiger partial charge < -0.3 is 10.3 Å². The lowest BCUT2D eigenvalue weighted by Crippen LogP contribution is -2.28. The van der Waals surface area contributed by atoms with Gasteiger partial charge in [0.15, 0.2) is 0 Å². The van der Waals surface area contributed by atoms with Crippen LogP contribution in [0.25, 0.3) is 0 Å². The molecule has 0 spiro atoms. The van der Waals surface area contributed by atoms with Crippen molar-refractivity contribution in [2.75, 3.05) is 0 Å². The first-order chi connectivity index (χ1) is 8.55. The molecule has 2 N–H and O–H groups in total. The van der Waals surface area contributed by atoms with Crippen molar-refractivity contribution in [3.63, 3.8) is 0 Å². The summed E-state index contributed by atoms with van der Waals surface area (Å²) in [4.78, 5) is 7.21. The smallest absolute Gasteiger partial charge is 0.0922 e. The van der Waals surface area contributed by atoms with E-state index < -0.39 is 0 Å². The molecular weight excluding hydrogens is 222 g/mol. The summed E-state index contributed by atoms with van der Waals surface area (Å²) in [6.07, 6.45) is 10.4. The zero-order chi connectivity index (χ0) is 13.0. The van der Waals surface area contributed by atoms with Crippen molar-refractivity contribution >= 4 is 0 Å². The lowest BCUT2D eigenvalue weighted by atomic mass is 9.76. The van der Waals surface area contributed by atoms with Crippen LogP contribution in [0.3, 0.4) is 0 Å². The van der Waals surface area contributed by atoms with Crippen LogP contribution in [-0.4, -0.2) is 16.0 Å². The Morgan fingerprint density at radius 2 is 2.11 bits per heavy atom. The molecule has 0 amide bonds. The van der Waals surface area contributed by atoms with E-state index in [1.807, 2.05) is 6.20 Å². The summed E-state index contributed by atoms with van der Waals surface area (Å²) in [7, 11) is 0. The molecule has 1 aromatic heterocycles. The van der Waals surface area contributed by atoms with Gasteiger partial charge in [-0.25, -0.2) is 4.98 Å². The van der Waals surface area contributed by atoms with E-state index in [9.17, 15) is 0 Å². The predicted octanol–water partition coefficient (Wildman–Crippen LogP) is 3.49. The highest BCUT2D eigenvalue weighted by Gasteiger charge is 2.27. The van der Waals surface area contributed by atoms with Gasteiger partial charge in [-0.05, 0) is 37.0 Å². The molecule has 2 rings (SSSR count). The summed E-state index contributed by atoms with van der Waals surface area (Å²) in [5.41, 5.74) is 1.66. The minimum absolute atomic E-state index is 0.471. The van der Waals surface area contributed by atoms with Crippen molar-refractivity contribution in [2.45, 2.75) is 65.5 Å². The van der Waals surface area contributed by atoms with Crippen LogP contribution in [0.15, 0.2) is 12.5 Å². The third-order valence-electron chi connectivity index (χ3n) is 4.33. The first-order valence-electron chi connectivity index (χ1n) is 7.26. The van der Waals surface area contributed by atoms with Crippen LogP contribution < -0.4 is 5.32 Å². The Balaban J connectivity index is 1.78. The molecule has 0 radical (unpaired) electrons. The molecule has 0 bridgehead atoms. The van der Waals surface area contributed by atoms with Gasteiger partial charge >= 0.3 is 0 Å². The molecule has 3 heteroatoms. The van der Waals surface area contributed by atoms with Crippen molar-refractivity contribution in [1.29, 1.82) is 0 Å². The van der Waals surface area contributed by atoms with Crippen LogP contribution in [-0.2, 0) is 6.54 Å². The van der Waals surface area contributed by atoms with Gasteiger partial charge in [0, 0.05) is 24.5 Å². The molecular formula is C15H27N3. The minimum Gasteiger partial charge on any atom is -0.347 e. The quantitative estimate of drug-likeness (QED) is 0.805. The number of H-pyrrole nitrogens is 1. The van der Waals surface area contributed by atoms with Crippen molar-refractivity contribution in [3.8, 4) is 0 Å². The molecule has 2 atom stereocenters. The zero-order valence-corrected chi connectivity index (χ0v) is 12.0. The van der Waals surface area contributed by atoms with E-state index >= 15 is 0 Å². The van der Waals surface area contributed by atoms with Gasteiger partial charge in [-0.15, -0.1) is 0 Å². The fourth-order valence-electron chi connectivity index (χ4n) is 3.01. The molecule has 0 aromatic carbocycles. The van der Waals surface area contributed by atoms with E-state index in [0.29, 0.717) is 11.5 Å². The highest BCUT2D eigenvalue weighted by atomic mass is 15.0. The Labute approximate surface area is 111 Å². The average Bonchev–Trinajstić information content (AvgIpc) is 2.69. The summed E-state index contributed by atoms with van der Waals surface area (Å²) in [5, 5.41) is 3.66. The van der Waals surface area contributed by atoms with E-state index in [-0.39, 0.29) is 0 Å². The lowest BCUT2D eigenvalue weighted by molar-refractivity contribution is 0.213. The average molecular weight is 249 g/mol. The molecule has 0 aliphatic heterocycles. The maximum absolute atomic E-state index is 4.05. The summed E-state index contributed by atoms with van der Waals surface area (Å²) in [5.74, 6) is 0.886. The lowest BCUT2D eigenvalue weighted by Gasteiger charge is -2.29. The van der Waals surface area contributed by atoms with Crippen LogP contribution in [0.5, 0.6) is 0 Å². The molecule has 1 saturated carbocycles. The molecule has 1 aliphatic carbocycles. The molecule has 1 aromatic rings. The van der Waals surface area contributed by atoms with Crippen LogP contribution in [0.1, 0.15) is 58.6 Å². The van der Waals surface area contributed by atoms with E-state index in [4.69, 9.17) is 0 Å². The normalized spacial score (nSPS) is 25.9. The Morgan fingerprint density at radius 3 is 2.78 bits per heavy atom. The summed E-state index contributed by atoms with van der Waals surface area (Å²) < 4.78 is 0. The maximum atomic E-state index is 4.05. The highest BCUT2D eigenvalue weighted by molar-refractivity contribution is 4.94. The molecule has 2 unspecified atom stereocenters. The number of imidazole rings is 1. The first kappa shape index (κ1) is 13.6. The third kappa shape index (κ3) is 3.84. The molecule has 1 aliphatic rings. The van der Waals surface area contributed by atoms with E-state index in [2.05, 4.69) is 36.1 Å². The maximum Gasteiger partial charge on any atom is 0.0922 e. The fourth-order valence-corrected chi connectivity index (χ4v) is 3.01. The van der Waals surface area contributed by atoms with Crippen molar-refractivity contribution in [1.82, 2.24) is 15.3 Å². The number of hydrogen-bond acceptors (Lipinski definition) is 2. The zero-order valence-electron chi connectivity index (χ0n) is 12.0. The van der Waals surface area contributed by atoms with Crippen LogP contribution in [0.2, 0.25) is 0 Å². The summed E-state index contributed by atoms with van der Waals surface area (Å²) in [6.45, 7) is 8.08. The van der Waals surface area contributed by atoms with Crippen LogP contribution in [0.4, 0.5) is 0 Å². The Kier molecular flexibility index (Phi) is 4.44. The topological polar surface area (TPSA) is 40.7 Å². The second kappa shape index (κ2) is 5.87. The van der Waals surface area contributed by atoms with E-state index in [0.717, 1.165) is 12.5 Å². The van der Waals surface area contributed by atoms with Crippen LogP contribution in [0, 0.1) is 11.3 Å². The van der Waals surface area contributed by atoms with E-state index in [1.165, 1.54) is 37.8 Å². The SMILES string of the molecule is CC(C)(C)C1CCCC(NCc2cnc[nH]2)CC1. The molecule has 1 fully saturated rings. The predicted molar refractivity (Wildman–Crippen MR) is 75.2 cm³/mol. The summed E-state index contributed by atoms with van der Waals surface area (Å²) >= 11 is 0. The van der Waals surface area contributed by atoms with Gasteiger partial charge in [0.1, 0.15) is 0 Å². The fraction of sp³-hybridized carbons (Fsp3) is 0.800. The molecule has 18 heavy (non-hydrogen) atoms. The Morgan fingerprint density at radius 1 is 1.28 bits per heavy atom. The van der Waals surface area contributed by atoms with Crippen molar-refractivity contribution in [2.24, 2.45) is 11.3 Å². The van der Waals surface area contributed by atoms with E-state index in [1.54, 1.807) is 6.33 Å². The Hall–Kier alpha value is -0.830. The Bertz CT molecular complexity index is 337. The number of hydrogen-bond donors (Lipinski definition) is 2. The third-order valence-corrected chi connectivity index (χ3v) is 4.33. The molecule has 1 heterocycles. The second-order valence-electron chi connectivity index (χ2n) is 6.73. The summed E-state index contributed by atoms with van der Waals surface area (Å²) in [6, 6.07) is 0.681. The van der Waals surface area contributed by atoms with Gasteiger partial charge in [-0.1, -0.05) is 27.2 Å². The molecule has 3 nitrogen and oxygen atoms in total. The van der Waals surface area contributed by atoms with Gasteiger partial charge in [-0.3, -0.25) is 0 Å². The number of aromatic amines is 1. The number of nitrogens with zero attached hydrogens (tertiary/aromatic N) is 1. The van der Waals surface area contributed by atoms with Gasteiger partial charge in [0.05, 0.1) is 6.33 Å².